The summed E-state index contributed by atoms with van der Waals surface area (Å²) in [5, 5.41) is 4.34. The molecule has 0 bridgehead atoms. The van der Waals surface area contributed by atoms with E-state index in [0.29, 0.717) is 19.3 Å². The van der Waals surface area contributed by atoms with Gasteiger partial charge in [-0.3, -0.25) is 0 Å². The van der Waals surface area contributed by atoms with Gasteiger partial charge in [0.15, 0.2) is 11.5 Å². The lowest BCUT2D eigenvalue weighted by molar-refractivity contribution is 0.269. The van der Waals surface area contributed by atoms with Crippen LogP contribution in [0.15, 0.2) is 72.8 Å². The molecule has 0 aliphatic rings. The molecule has 3 aromatic rings. The van der Waals surface area contributed by atoms with Crippen LogP contribution in [-0.2, 0) is 19.6 Å². The Labute approximate surface area is 185 Å². The first kappa shape index (κ1) is 22.2. The molecule has 0 saturated carbocycles. The molecule has 4 heteroatoms. The summed E-state index contributed by atoms with van der Waals surface area (Å²) in [5.41, 5.74) is 3.63. The van der Waals surface area contributed by atoms with Crippen molar-refractivity contribution in [2.75, 3.05) is 6.61 Å². The van der Waals surface area contributed by atoms with E-state index >= 15 is 0 Å². The van der Waals surface area contributed by atoms with Crippen molar-refractivity contribution in [1.29, 1.82) is 0 Å². The Morgan fingerprint density at radius 1 is 0.833 bits per heavy atom. The lowest BCUT2D eigenvalue weighted by Crippen LogP contribution is -2.26. The Hall–Kier alpha value is -2.49. The van der Waals surface area contributed by atoms with E-state index in [-0.39, 0.29) is 0 Å². The van der Waals surface area contributed by atoms with Crippen LogP contribution in [0.5, 0.6) is 11.5 Å². The van der Waals surface area contributed by atoms with Crippen molar-refractivity contribution in [2.24, 2.45) is 0 Å². The first-order valence-electron chi connectivity index (χ1n) is 10.5. The van der Waals surface area contributed by atoms with Crippen LogP contribution in [-0.4, -0.2) is 12.6 Å². The topological polar surface area (TPSA) is 30.5 Å². The molecule has 0 fully saturated rings. The Balaban J connectivity index is 1.53. The number of nitrogens with one attached hydrogen (secondary N) is 1. The maximum Gasteiger partial charge on any atom is 0.161 e. The van der Waals surface area contributed by atoms with Crippen LogP contribution in [0.4, 0.5) is 0 Å². The van der Waals surface area contributed by atoms with E-state index < -0.39 is 0 Å². The third-order valence-electron chi connectivity index (χ3n) is 4.98. The number of ether oxygens (including phenoxy) is 2. The van der Waals surface area contributed by atoms with Gasteiger partial charge in [-0.15, -0.1) is 0 Å². The maximum atomic E-state index is 6.00. The fourth-order valence-electron chi connectivity index (χ4n) is 3.21. The fourth-order valence-corrected chi connectivity index (χ4v) is 3.34. The van der Waals surface area contributed by atoms with Crippen LogP contribution in [0.25, 0.3) is 0 Å². The second-order valence-electron chi connectivity index (χ2n) is 7.44. The highest BCUT2D eigenvalue weighted by atomic mass is 35.5. The van der Waals surface area contributed by atoms with Gasteiger partial charge in [0.1, 0.15) is 6.61 Å². The van der Waals surface area contributed by atoms with Crippen molar-refractivity contribution in [3.8, 4) is 11.5 Å². The number of rotatable bonds is 11. The van der Waals surface area contributed by atoms with Crippen LogP contribution in [0.3, 0.4) is 0 Å². The quantitative estimate of drug-likeness (QED) is 0.385. The van der Waals surface area contributed by atoms with Crippen molar-refractivity contribution < 1.29 is 9.47 Å². The number of hydrogen-bond acceptors (Lipinski definition) is 3. The number of benzene rings is 3. The summed E-state index contributed by atoms with van der Waals surface area (Å²) in [6.45, 7) is 6.09. The van der Waals surface area contributed by atoms with Crippen LogP contribution in [0.2, 0.25) is 5.02 Å². The zero-order valence-corrected chi connectivity index (χ0v) is 18.5. The molecule has 1 N–H and O–H groups in total. The van der Waals surface area contributed by atoms with Crippen LogP contribution >= 0.6 is 11.6 Å². The minimum atomic E-state index is 0.432. The molecule has 0 radical (unpaired) electrons. The fraction of sp³-hybridized carbons (Fsp3) is 0.308. The molecule has 1 unspecified atom stereocenters. The van der Waals surface area contributed by atoms with Gasteiger partial charge in [-0.2, -0.15) is 0 Å². The molecular formula is C26H30ClNO2. The molecule has 0 saturated heterocycles. The van der Waals surface area contributed by atoms with Crippen molar-refractivity contribution in [2.45, 2.75) is 45.9 Å². The molecule has 0 aliphatic heterocycles. The molecule has 158 valence electrons. The van der Waals surface area contributed by atoms with Gasteiger partial charge in [-0.05, 0) is 67.6 Å². The Morgan fingerprint density at radius 2 is 1.57 bits per heavy atom. The lowest BCUT2D eigenvalue weighted by atomic mass is 10.1. The molecule has 3 aromatic carbocycles. The number of aryl methyl sites for hydroxylation is 1. The molecule has 0 heterocycles. The summed E-state index contributed by atoms with van der Waals surface area (Å²) in [6.07, 6.45) is 2.18. The molecule has 0 aliphatic carbocycles. The predicted molar refractivity (Wildman–Crippen MR) is 124 cm³/mol. The summed E-state index contributed by atoms with van der Waals surface area (Å²) >= 11 is 5.95. The average Bonchev–Trinajstić information content (AvgIpc) is 2.77. The SMILES string of the molecule is CCOc1cc(CNC(C)CCc2ccccc2)ccc1OCc1ccc(Cl)cc1. The van der Waals surface area contributed by atoms with E-state index in [0.717, 1.165) is 41.5 Å². The summed E-state index contributed by atoms with van der Waals surface area (Å²) in [6, 6.07) is 24.9. The van der Waals surface area contributed by atoms with Crippen molar-refractivity contribution in [1.82, 2.24) is 5.32 Å². The highest BCUT2D eigenvalue weighted by Gasteiger charge is 2.09. The molecule has 1 atom stereocenters. The monoisotopic (exact) mass is 423 g/mol. The van der Waals surface area contributed by atoms with Gasteiger partial charge in [0.25, 0.3) is 0 Å². The van der Waals surface area contributed by atoms with Gasteiger partial charge in [0.05, 0.1) is 6.61 Å². The molecular weight excluding hydrogens is 394 g/mol. The van der Waals surface area contributed by atoms with Gasteiger partial charge >= 0.3 is 0 Å². The van der Waals surface area contributed by atoms with E-state index in [4.69, 9.17) is 21.1 Å². The van der Waals surface area contributed by atoms with E-state index in [1.807, 2.05) is 37.3 Å². The zero-order valence-electron chi connectivity index (χ0n) is 17.7. The van der Waals surface area contributed by atoms with Gasteiger partial charge < -0.3 is 14.8 Å². The van der Waals surface area contributed by atoms with E-state index in [1.54, 1.807) is 0 Å². The second kappa shape index (κ2) is 11.6. The van der Waals surface area contributed by atoms with E-state index in [2.05, 4.69) is 54.7 Å². The lowest BCUT2D eigenvalue weighted by Gasteiger charge is -2.16. The van der Waals surface area contributed by atoms with Crippen molar-refractivity contribution >= 4 is 11.6 Å². The minimum Gasteiger partial charge on any atom is -0.490 e. The normalized spacial score (nSPS) is 11.8. The maximum absolute atomic E-state index is 6.00. The molecule has 0 spiro atoms. The minimum absolute atomic E-state index is 0.432. The first-order chi connectivity index (χ1) is 14.6. The van der Waals surface area contributed by atoms with Crippen molar-refractivity contribution in [3.63, 3.8) is 0 Å². The first-order valence-corrected chi connectivity index (χ1v) is 10.9. The largest absolute Gasteiger partial charge is 0.490 e. The third kappa shape index (κ3) is 7.08. The van der Waals surface area contributed by atoms with Crippen LogP contribution < -0.4 is 14.8 Å². The highest BCUT2D eigenvalue weighted by Crippen LogP contribution is 2.29. The second-order valence-corrected chi connectivity index (χ2v) is 7.87. The molecule has 3 nitrogen and oxygen atoms in total. The number of hydrogen-bond donors (Lipinski definition) is 1. The Bertz CT molecular complexity index is 897. The Kier molecular flexibility index (Phi) is 8.61. The van der Waals surface area contributed by atoms with Gasteiger partial charge in [-0.25, -0.2) is 0 Å². The van der Waals surface area contributed by atoms with Crippen LogP contribution in [0.1, 0.15) is 37.0 Å². The van der Waals surface area contributed by atoms with Crippen LogP contribution in [0, 0.1) is 0 Å². The predicted octanol–water partition coefficient (Wildman–Crippen LogP) is 6.43. The summed E-state index contributed by atoms with van der Waals surface area (Å²) in [5.74, 6) is 1.54. The van der Waals surface area contributed by atoms with Gasteiger partial charge in [-0.1, -0.05) is 60.1 Å². The smallest absolute Gasteiger partial charge is 0.161 e. The summed E-state index contributed by atoms with van der Waals surface area (Å²) in [7, 11) is 0. The highest BCUT2D eigenvalue weighted by molar-refractivity contribution is 6.30. The van der Waals surface area contributed by atoms with Crippen molar-refractivity contribution in [3.05, 3.63) is 94.5 Å². The molecule has 0 amide bonds. The Morgan fingerprint density at radius 3 is 2.30 bits per heavy atom. The molecule has 3 rings (SSSR count). The third-order valence-corrected chi connectivity index (χ3v) is 5.23. The number of halogens is 1. The average molecular weight is 424 g/mol. The van der Waals surface area contributed by atoms with E-state index in [1.165, 1.54) is 11.1 Å². The summed E-state index contributed by atoms with van der Waals surface area (Å²) < 4.78 is 11.8. The zero-order chi connectivity index (χ0) is 21.2. The van der Waals surface area contributed by atoms with Gasteiger partial charge in [0, 0.05) is 17.6 Å². The van der Waals surface area contributed by atoms with E-state index in [9.17, 15) is 0 Å². The standard InChI is InChI=1S/C26H30ClNO2/c1-3-29-26-17-23(18-28-20(2)9-10-21-7-5-4-6-8-21)13-16-25(26)30-19-22-11-14-24(27)15-12-22/h4-8,11-17,20,28H,3,9-10,18-19H2,1-2H3. The molecule has 0 aromatic heterocycles. The van der Waals surface area contributed by atoms with Gasteiger partial charge in [0.2, 0.25) is 0 Å². The summed E-state index contributed by atoms with van der Waals surface area (Å²) in [4.78, 5) is 0. The molecule has 30 heavy (non-hydrogen) atoms.